The summed E-state index contributed by atoms with van der Waals surface area (Å²) in [7, 11) is 1.75. The zero-order valence-electron chi connectivity index (χ0n) is 8.88. The van der Waals surface area contributed by atoms with Gasteiger partial charge in [0.05, 0.1) is 5.56 Å². The molecule has 0 fully saturated rings. The van der Waals surface area contributed by atoms with Gasteiger partial charge in [-0.25, -0.2) is 15.8 Å². The van der Waals surface area contributed by atoms with E-state index < -0.39 is 0 Å². The van der Waals surface area contributed by atoms with Gasteiger partial charge in [0.25, 0.3) is 0 Å². The van der Waals surface area contributed by atoms with Crippen molar-refractivity contribution in [2.45, 2.75) is 6.92 Å². The maximum atomic E-state index is 5.38. The lowest BCUT2D eigenvalue weighted by atomic mass is 10.3. The topological polar surface area (TPSA) is 104 Å². The molecule has 0 aliphatic heterocycles. The van der Waals surface area contributed by atoms with E-state index in [4.69, 9.17) is 10.6 Å². The molecule has 2 aromatic heterocycles. The molecule has 8 heteroatoms. The van der Waals surface area contributed by atoms with Gasteiger partial charge in [0.15, 0.2) is 0 Å². The highest BCUT2D eigenvalue weighted by Gasteiger charge is 2.10. The Morgan fingerprint density at radius 3 is 2.81 bits per heavy atom. The van der Waals surface area contributed by atoms with Crippen LogP contribution in [0.1, 0.15) is 5.56 Å². The monoisotopic (exact) mass is 221 g/mol. The number of nitrogens with zero attached hydrogens (tertiary/aromatic N) is 5. The Hall–Kier alpha value is -2.22. The normalized spacial score (nSPS) is 10.2. The molecule has 2 aromatic rings. The van der Waals surface area contributed by atoms with E-state index in [-0.39, 0.29) is 6.01 Å². The SMILES string of the molecule is Cc1c(NN)ncnc1Oc1ncn(C)n1. The van der Waals surface area contributed by atoms with Gasteiger partial charge in [0.1, 0.15) is 18.5 Å². The van der Waals surface area contributed by atoms with Gasteiger partial charge in [0, 0.05) is 7.05 Å². The van der Waals surface area contributed by atoms with E-state index >= 15 is 0 Å². The van der Waals surface area contributed by atoms with E-state index in [2.05, 4.69) is 25.5 Å². The Balaban J connectivity index is 2.28. The first-order chi connectivity index (χ1) is 7.70. The van der Waals surface area contributed by atoms with Crippen LogP contribution in [0.25, 0.3) is 0 Å². The highest BCUT2D eigenvalue weighted by molar-refractivity contribution is 5.46. The molecule has 0 aliphatic rings. The molecule has 16 heavy (non-hydrogen) atoms. The second kappa shape index (κ2) is 4.11. The van der Waals surface area contributed by atoms with Crippen LogP contribution in [0.15, 0.2) is 12.7 Å². The number of anilines is 1. The summed E-state index contributed by atoms with van der Waals surface area (Å²) in [6, 6.07) is 0.229. The molecule has 0 unspecified atom stereocenters. The Morgan fingerprint density at radius 2 is 2.19 bits per heavy atom. The fourth-order valence-electron chi connectivity index (χ4n) is 1.14. The molecule has 0 aromatic carbocycles. The molecular formula is C8H11N7O. The number of hydrogen-bond acceptors (Lipinski definition) is 7. The van der Waals surface area contributed by atoms with Crippen molar-refractivity contribution < 1.29 is 4.74 Å². The van der Waals surface area contributed by atoms with Gasteiger partial charge in [-0.05, 0) is 6.92 Å². The van der Waals surface area contributed by atoms with Crippen LogP contribution >= 0.6 is 0 Å². The lowest BCUT2D eigenvalue weighted by molar-refractivity contribution is 0.418. The molecule has 0 spiro atoms. The van der Waals surface area contributed by atoms with Gasteiger partial charge in [0.2, 0.25) is 5.88 Å². The maximum Gasteiger partial charge on any atom is 0.342 e. The third kappa shape index (κ3) is 1.91. The molecular weight excluding hydrogens is 210 g/mol. The third-order valence-electron chi connectivity index (χ3n) is 1.94. The van der Waals surface area contributed by atoms with Crippen molar-refractivity contribution in [1.82, 2.24) is 24.7 Å². The zero-order valence-corrected chi connectivity index (χ0v) is 8.88. The summed E-state index contributed by atoms with van der Waals surface area (Å²) in [6.45, 7) is 1.79. The number of ether oxygens (including phenoxy) is 1. The summed E-state index contributed by atoms with van der Waals surface area (Å²) in [4.78, 5) is 11.8. The van der Waals surface area contributed by atoms with Gasteiger partial charge in [-0.1, -0.05) is 0 Å². The lowest BCUT2D eigenvalue weighted by Crippen LogP contribution is -2.11. The number of aryl methyl sites for hydroxylation is 1. The van der Waals surface area contributed by atoms with Crippen LogP contribution in [0.4, 0.5) is 5.82 Å². The predicted molar refractivity (Wildman–Crippen MR) is 55.7 cm³/mol. The smallest absolute Gasteiger partial charge is 0.342 e. The largest absolute Gasteiger partial charge is 0.404 e. The van der Waals surface area contributed by atoms with Crippen LogP contribution in [-0.2, 0) is 7.05 Å². The molecule has 0 bridgehead atoms. The minimum atomic E-state index is 0.229. The Kier molecular flexibility index (Phi) is 2.64. The number of rotatable bonds is 3. The van der Waals surface area contributed by atoms with Crippen molar-refractivity contribution in [3.8, 4) is 11.9 Å². The number of hydrogen-bond donors (Lipinski definition) is 2. The van der Waals surface area contributed by atoms with E-state index in [0.717, 1.165) is 0 Å². The standard InChI is InChI=1S/C8H11N7O/c1-5-6(13-9)10-3-11-7(5)16-8-12-4-15(2)14-8/h3-4H,9H2,1-2H3,(H,10,11,13). The number of nitrogens with two attached hydrogens (primary N) is 1. The molecule has 2 heterocycles. The number of aromatic nitrogens is 5. The molecule has 0 amide bonds. The number of nitrogen functional groups attached to an aromatic ring is 1. The van der Waals surface area contributed by atoms with E-state index in [0.29, 0.717) is 17.3 Å². The lowest BCUT2D eigenvalue weighted by Gasteiger charge is -2.06. The quantitative estimate of drug-likeness (QED) is 0.555. The first-order valence-electron chi connectivity index (χ1n) is 4.52. The first kappa shape index (κ1) is 10.3. The predicted octanol–water partition coefficient (Wildman–Crippen LogP) is -0.00858. The van der Waals surface area contributed by atoms with E-state index in [9.17, 15) is 0 Å². The van der Waals surface area contributed by atoms with Gasteiger partial charge in [-0.3, -0.25) is 4.68 Å². The van der Waals surface area contributed by atoms with E-state index in [1.54, 1.807) is 14.0 Å². The van der Waals surface area contributed by atoms with Crippen LogP contribution < -0.4 is 16.0 Å². The van der Waals surface area contributed by atoms with Crippen molar-refractivity contribution in [2.75, 3.05) is 5.43 Å². The van der Waals surface area contributed by atoms with Crippen LogP contribution in [0, 0.1) is 6.92 Å². The molecule has 0 atom stereocenters. The van der Waals surface area contributed by atoms with Crippen LogP contribution in [0.2, 0.25) is 0 Å². The van der Waals surface area contributed by atoms with Crippen molar-refractivity contribution in [3.05, 3.63) is 18.2 Å². The Labute approximate surface area is 91.5 Å². The summed E-state index contributed by atoms with van der Waals surface area (Å²) < 4.78 is 6.92. The van der Waals surface area contributed by atoms with Crippen molar-refractivity contribution in [1.29, 1.82) is 0 Å². The average Bonchev–Trinajstić information content (AvgIpc) is 2.67. The molecule has 0 aliphatic carbocycles. The van der Waals surface area contributed by atoms with Crippen LogP contribution in [-0.4, -0.2) is 24.7 Å². The average molecular weight is 221 g/mol. The van der Waals surface area contributed by atoms with E-state index in [1.807, 2.05) is 0 Å². The summed E-state index contributed by atoms with van der Waals surface area (Å²) in [6.07, 6.45) is 2.88. The summed E-state index contributed by atoms with van der Waals surface area (Å²) in [5.74, 6) is 6.16. The summed E-state index contributed by atoms with van der Waals surface area (Å²) >= 11 is 0. The fourth-order valence-corrected chi connectivity index (χ4v) is 1.14. The minimum absolute atomic E-state index is 0.229. The van der Waals surface area contributed by atoms with Gasteiger partial charge in [-0.2, -0.15) is 4.98 Å². The van der Waals surface area contributed by atoms with Gasteiger partial charge in [-0.15, -0.1) is 5.10 Å². The second-order valence-corrected chi connectivity index (χ2v) is 3.10. The summed E-state index contributed by atoms with van der Waals surface area (Å²) in [5.41, 5.74) is 3.14. The van der Waals surface area contributed by atoms with Crippen molar-refractivity contribution in [2.24, 2.45) is 12.9 Å². The Morgan fingerprint density at radius 1 is 1.38 bits per heavy atom. The van der Waals surface area contributed by atoms with Gasteiger partial charge >= 0.3 is 6.01 Å². The molecule has 0 saturated carbocycles. The third-order valence-corrected chi connectivity index (χ3v) is 1.94. The van der Waals surface area contributed by atoms with Crippen LogP contribution in [0.3, 0.4) is 0 Å². The molecule has 3 N–H and O–H groups in total. The number of hydrazine groups is 1. The first-order valence-corrected chi connectivity index (χ1v) is 4.52. The van der Waals surface area contributed by atoms with Gasteiger partial charge < -0.3 is 10.2 Å². The molecule has 84 valence electrons. The zero-order chi connectivity index (χ0) is 11.5. The Bertz CT molecular complexity index is 495. The summed E-state index contributed by atoms with van der Waals surface area (Å²) in [5, 5.41) is 3.97. The molecule has 2 rings (SSSR count). The molecule has 0 radical (unpaired) electrons. The van der Waals surface area contributed by atoms with E-state index in [1.165, 1.54) is 17.3 Å². The number of nitrogens with one attached hydrogen (secondary N) is 1. The molecule has 0 saturated heterocycles. The second-order valence-electron chi connectivity index (χ2n) is 3.10. The highest BCUT2D eigenvalue weighted by atomic mass is 16.5. The highest BCUT2D eigenvalue weighted by Crippen LogP contribution is 2.22. The van der Waals surface area contributed by atoms with Crippen molar-refractivity contribution >= 4 is 5.82 Å². The van der Waals surface area contributed by atoms with Crippen LogP contribution in [0.5, 0.6) is 11.9 Å². The van der Waals surface area contributed by atoms with Crippen molar-refractivity contribution in [3.63, 3.8) is 0 Å². The minimum Gasteiger partial charge on any atom is -0.404 e. The fraction of sp³-hybridized carbons (Fsp3) is 0.250. The maximum absolute atomic E-state index is 5.38. The molecule has 8 nitrogen and oxygen atoms in total.